The standard InChI is InChI=1S/C12H18O/c1-9-5-4-7-10-6-2-3-8-11(10)12(9)13/h5,10-11H,2-4,6-8H2,1H3. The highest BCUT2D eigenvalue weighted by Crippen LogP contribution is 2.37. The van der Waals surface area contributed by atoms with Crippen LogP contribution in [0, 0.1) is 11.8 Å². The Hall–Kier alpha value is -0.590. The van der Waals surface area contributed by atoms with Crippen molar-refractivity contribution in [3.05, 3.63) is 11.6 Å². The van der Waals surface area contributed by atoms with Gasteiger partial charge in [-0.05, 0) is 44.1 Å². The summed E-state index contributed by atoms with van der Waals surface area (Å²) in [5.74, 6) is 1.53. The number of carbonyl (C=O) groups is 1. The summed E-state index contributed by atoms with van der Waals surface area (Å²) in [6.45, 7) is 1.99. The van der Waals surface area contributed by atoms with Crippen molar-refractivity contribution in [3.63, 3.8) is 0 Å². The fraction of sp³-hybridized carbons (Fsp3) is 0.750. The quantitative estimate of drug-likeness (QED) is 0.557. The predicted molar refractivity (Wildman–Crippen MR) is 53.4 cm³/mol. The van der Waals surface area contributed by atoms with Gasteiger partial charge in [0.1, 0.15) is 0 Å². The summed E-state index contributed by atoms with van der Waals surface area (Å²) in [5, 5.41) is 0. The van der Waals surface area contributed by atoms with Gasteiger partial charge >= 0.3 is 0 Å². The van der Waals surface area contributed by atoms with E-state index in [4.69, 9.17) is 0 Å². The average Bonchev–Trinajstić information content (AvgIpc) is 2.29. The van der Waals surface area contributed by atoms with Crippen molar-refractivity contribution in [2.24, 2.45) is 11.8 Å². The number of ketones is 1. The Balaban J connectivity index is 2.17. The van der Waals surface area contributed by atoms with Gasteiger partial charge in [0.25, 0.3) is 0 Å². The largest absolute Gasteiger partial charge is 0.294 e. The van der Waals surface area contributed by atoms with E-state index in [1.807, 2.05) is 6.92 Å². The second kappa shape index (κ2) is 3.65. The van der Waals surface area contributed by atoms with E-state index in [0.717, 1.165) is 18.4 Å². The molecule has 0 aromatic rings. The van der Waals surface area contributed by atoms with E-state index < -0.39 is 0 Å². The van der Waals surface area contributed by atoms with Crippen molar-refractivity contribution in [3.8, 4) is 0 Å². The van der Waals surface area contributed by atoms with Crippen molar-refractivity contribution in [2.45, 2.75) is 45.4 Å². The van der Waals surface area contributed by atoms with E-state index in [9.17, 15) is 4.79 Å². The third-order valence-electron chi connectivity index (χ3n) is 3.62. The molecule has 1 fully saturated rings. The highest BCUT2D eigenvalue weighted by atomic mass is 16.1. The van der Waals surface area contributed by atoms with Crippen LogP contribution < -0.4 is 0 Å². The minimum atomic E-state index is 0.382. The molecular weight excluding hydrogens is 160 g/mol. The molecule has 2 aliphatic carbocycles. The number of Topliss-reactive ketones (excluding diaryl/α,β-unsaturated/α-hetero) is 1. The molecule has 0 aromatic heterocycles. The molecule has 0 spiro atoms. The van der Waals surface area contributed by atoms with Gasteiger partial charge in [-0.25, -0.2) is 0 Å². The zero-order chi connectivity index (χ0) is 9.26. The van der Waals surface area contributed by atoms with Crippen molar-refractivity contribution >= 4 is 5.78 Å². The van der Waals surface area contributed by atoms with Gasteiger partial charge in [0.2, 0.25) is 0 Å². The molecule has 72 valence electrons. The molecular formula is C12H18O. The van der Waals surface area contributed by atoms with Crippen LogP contribution in [-0.2, 0) is 4.79 Å². The Labute approximate surface area is 80.2 Å². The first kappa shape index (κ1) is 8.98. The number of allylic oxidation sites excluding steroid dienone is 2. The lowest BCUT2D eigenvalue weighted by atomic mass is 9.75. The van der Waals surface area contributed by atoms with Gasteiger partial charge in [0.05, 0.1) is 0 Å². The number of rotatable bonds is 0. The van der Waals surface area contributed by atoms with Gasteiger partial charge < -0.3 is 0 Å². The van der Waals surface area contributed by atoms with E-state index in [0.29, 0.717) is 17.6 Å². The van der Waals surface area contributed by atoms with Crippen LogP contribution in [0.3, 0.4) is 0 Å². The Kier molecular flexibility index (Phi) is 2.52. The zero-order valence-electron chi connectivity index (χ0n) is 8.38. The Morgan fingerprint density at radius 3 is 2.85 bits per heavy atom. The summed E-state index contributed by atoms with van der Waals surface area (Å²) in [6.07, 6.45) is 9.55. The second-order valence-electron chi connectivity index (χ2n) is 4.48. The summed E-state index contributed by atoms with van der Waals surface area (Å²) >= 11 is 0. The van der Waals surface area contributed by atoms with Crippen LogP contribution in [0.2, 0.25) is 0 Å². The molecule has 0 bridgehead atoms. The molecule has 13 heavy (non-hydrogen) atoms. The number of fused-ring (bicyclic) bond motifs is 1. The number of hydrogen-bond acceptors (Lipinski definition) is 1. The molecule has 0 radical (unpaired) electrons. The molecule has 0 amide bonds. The highest BCUT2D eigenvalue weighted by Gasteiger charge is 2.32. The predicted octanol–water partition coefficient (Wildman–Crippen LogP) is 3.10. The molecule has 2 rings (SSSR count). The first-order valence-electron chi connectivity index (χ1n) is 5.50. The van der Waals surface area contributed by atoms with Crippen LogP contribution in [0.15, 0.2) is 11.6 Å². The summed E-state index contributed by atoms with van der Waals surface area (Å²) in [6, 6.07) is 0. The number of hydrogen-bond donors (Lipinski definition) is 0. The summed E-state index contributed by atoms with van der Waals surface area (Å²) < 4.78 is 0. The van der Waals surface area contributed by atoms with Crippen molar-refractivity contribution < 1.29 is 4.79 Å². The van der Waals surface area contributed by atoms with Crippen molar-refractivity contribution in [1.82, 2.24) is 0 Å². The molecule has 0 aromatic carbocycles. The minimum Gasteiger partial charge on any atom is -0.294 e. The molecule has 1 saturated carbocycles. The maximum absolute atomic E-state index is 11.9. The normalized spacial score (nSPS) is 34.8. The lowest BCUT2D eigenvalue weighted by Gasteiger charge is -2.28. The third kappa shape index (κ3) is 1.70. The van der Waals surface area contributed by atoms with Crippen LogP contribution in [0.25, 0.3) is 0 Å². The molecule has 2 unspecified atom stereocenters. The summed E-state index contributed by atoms with van der Waals surface area (Å²) in [7, 11) is 0. The molecule has 1 heteroatoms. The fourth-order valence-electron chi connectivity index (χ4n) is 2.81. The van der Waals surface area contributed by atoms with Crippen LogP contribution in [-0.4, -0.2) is 5.78 Å². The van der Waals surface area contributed by atoms with Gasteiger partial charge in [-0.1, -0.05) is 18.9 Å². The van der Waals surface area contributed by atoms with E-state index in [2.05, 4.69) is 6.08 Å². The van der Waals surface area contributed by atoms with Crippen LogP contribution in [0.5, 0.6) is 0 Å². The Morgan fingerprint density at radius 2 is 2.00 bits per heavy atom. The monoisotopic (exact) mass is 178 g/mol. The molecule has 2 atom stereocenters. The van der Waals surface area contributed by atoms with Gasteiger partial charge in [0.15, 0.2) is 5.78 Å². The van der Waals surface area contributed by atoms with Crippen molar-refractivity contribution in [1.29, 1.82) is 0 Å². The van der Waals surface area contributed by atoms with E-state index in [-0.39, 0.29) is 0 Å². The molecule has 0 saturated heterocycles. The van der Waals surface area contributed by atoms with Crippen LogP contribution >= 0.6 is 0 Å². The molecule has 2 aliphatic rings. The minimum absolute atomic E-state index is 0.382. The maximum Gasteiger partial charge on any atom is 0.161 e. The third-order valence-corrected chi connectivity index (χ3v) is 3.62. The molecule has 1 nitrogen and oxygen atoms in total. The van der Waals surface area contributed by atoms with Gasteiger partial charge in [-0.3, -0.25) is 4.79 Å². The fourth-order valence-corrected chi connectivity index (χ4v) is 2.81. The lowest BCUT2D eigenvalue weighted by molar-refractivity contribution is -0.121. The van der Waals surface area contributed by atoms with Gasteiger partial charge in [-0.15, -0.1) is 0 Å². The summed E-state index contributed by atoms with van der Waals surface area (Å²) in [5.41, 5.74) is 1.02. The smallest absolute Gasteiger partial charge is 0.161 e. The van der Waals surface area contributed by atoms with Gasteiger partial charge in [0, 0.05) is 5.92 Å². The highest BCUT2D eigenvalue weighted by molar-refractivity contribution is 5.97. The van der Waals surface area contributed by atoms with E-state index >= 15 is 0 Å². The Morgan fingerprint density at radius 1 is 1.23 bits per heavy atom. The maximum atomic E-state index is 11.9. The van der Waals surface area contributed by atoms with E-state index in [1.54, 1.807) is 0 Å². The van der Waals surface area contributed by atoms with Crippen LogP contribution in [0.4, 0.5) is 0 Å². The molecule has 0 heterocycles. The zero-order valence-corrected chi connectivity index (χ0v) is 8.38. The topological polar surface area (TPSA) is 17.1 Å². The van der Waals surface area contributed by atoms with E-state index in [1.165, 1.54) is 25.7 Å². The molecule has 0 N–H and O–H groups in total. The Bertz CT molecular complexity index is 240. The second-order valence-corrected chi connectivity index (χ2v) is 4.48. The van der Waals surface area contributed by atoms with Crippen molar-refractivity contribution in [2.75, 3.05) is 0 Å². The summed E-state index contributed by atoms with van der Waals surface area (Å²) in [4.78, 5) is 11.9. The average molecular weight is 178 g/mol. The molecule has 0 aliphatic heterocycles. The first-order chi connectivity index (χ1) is 6.29. The van der Waals surface area contributed by atoms with Gasteiger partial charge in [-0.2, -0.15) is 0 Å². The SMILES string of the molecule is CC1=CCCC2CCCCC2C1=O. The number of carbonyl (C=O) groups excluding carboxylic acids is 1. The first-order valence-corrected chi connectivity index (χ1v) is 5.50. The van der Waals surface area contributed by atoms with Crippen LogP contribution in [0.1, 0.15) is 45.4 Å². The lowest BCUT2D eigenvalue weighted by Crippen LogP contribution is -2.26.